The lowest BCUT2D eigenvalue weighted by atomic mass is 10.1. The van der Waals surface area contributed by atoms with Gasteiger partial charge in [-0.15, -0.1) is 0 Å². The van der Waals surface area contributed by atoms with E-state index in [1.807, 2.05) is 24.5 Å². The molecule has 0 bridgehead atoms. The number of hydrogen-bond donors (Lipinski definition) is 3. The summed E-state index contributed by atoms with van der Waals surface area (Å²) in [7, 11) is 0. The van der Waals surface area contributed by atoms with Crippen LogP contribution in [0.15, 0.2) is 28.9 Å². The highest BCUT2D eigenvalue weighted by molar-refractivity contribution is 9.10. The molecule has 1 aromatic heterocycles. The van der Waals surface area contributed by atoms with Crippen LogP contribution >= 0.6 is 27.7 Å². The Kier molecular flexibility index (Phi) is 5.12. The molecule has 4 N–H and O–H groups in total. The first-order valence-corrected chi connectivity index (χ1v) is 8.38. The van der Waals surface area contributed by atoms with Gasteiger partial charge in [0.05, 0.1) is 17.8 Å². The molecule has 6 heteroatoms. The third-order valence-corrected chi connectivity index (χ3v) is 4.87. The Hall–Kier alpha value is -0.980. The third kappa shape index (κ3) is 3.19. The molecule has 108 valence electrons. The molecule has 0 radical (unpaired) electrons. The number of rotatable bonds is 5. The molecular weight excluding hydrogens is 338 g/mol. The van der Waals surface area contributed by atoms with Crippen LogP contribution in [0.4, 0.5) is 11.4 Å². The number of halogens is 1. The molecule has 1 heterocycles. The van der Waals surface area contributed by atoms with Crippen LogP contribution in [0.1, 0.15) is 6.92 Å². The van der Waals surface area contributed by atoms with E-state index in [1.165, 1.54) is 0 Å². The van der Waals surface area contributed by atoms with Gasteiger partial charge in [-0.2, -0.15) is 11.8 Å². The van der Waals surface area contributed by atoms with Gasteiger partial charge in [-0.05, 0) is 47.3 Å². The van der Waals surface area contributed by atoms with E-state index in [2.05, 4.69) is 33.2 Å². The van der Waals surface area contributed by atoms with Crippen molar-refractivity contribution >= 4 is 50.0 Å². The lowest BCUT2D eigenvalue weighted by Crippen LogP contribution is -2.31. The Morgan fingerprint density at radius 3 is 2.90 bits per heavy atom. The highest BCUT2D eigenvalue weighted by Crippen LogP contribution is 2.30. The highest BCUT2D eigenvalue weighted by atomic mass is 79.9. The lowest BCUT2D eigenvalue weighted by molar-refractivity contribution is 0.288. The summed E-state index contributed by atoms with van der Waals surface area (Å²) < 4.78 is 0.902. The lowest BCUT2D eigenvalue weighted by Gasteiger charge is -2.23. The van der Waals surface area contributed by atoms with Crippen molar-refractivity contribution < 1.29 is 5.11 Å². The number of aliphatic hydroxyl groups excluding tert-OH is 1. The van der Waals surface area contributed by atoms with Gasteiger partial charge < -0.3 is 16.2 Å². The van der Waals surface area contributed by atoms with E-state index in [0.717, 1.165) is 21.1 Å². The quantitative estimate of drug-likeness (QED) is 0.718. The summed E-state index contributed by atoms with van der Waals surface area (Å²) in [6.45, 7) is 2.19. The number of nitrogens with one attached hydrogen (secondary N) is 1. The van der Waals surface area contributed by atoms with Crippen LogP contribution in [0.3, 0.4) is 0 Å². The number of pyridine rings is 1. The zero-order valence-corrected chi connectivity index (χ0v) is 13.8. The number of aromatic nitrogens is 1. The topological polar surface area (TPSA) is 71.2 Å². The Bertz CT molecular complexity index is 604. The smallest absolute Gasteiger partial charge is 0.0954 e. The van der Waals surface area contributed by atoms with Crippen molar-refractivity contribution in [1.29, 1.82) is 0 Å². The number of benzene rings is 1. The number of aliphatic hydroxyl groups is 1. The number of thioether (sulfide) groups is 1. The fourth-order valence-electron chi connectivity index (χ4n) is 2.11. The Balaban J connectivity index is 2.38. The summed E-state index contributed by atoms with van der Waals surface area (Å²) in [5.41, 5.74) is 8.49. The minimum atomic E-state index is 0.132. The van der Waals surface area contributed by atoms with Crippen LogP contribution < -0.4 is 11.1 Å². The van der Waals surface area contributed by atoms with E-state index in [-0.39, 0.29) is 17.9 Å². The van der Waals surface area contributed by atoms with Crippen LogP contribution in [-0.2, 0) is 0 Å². The second-order valence-corrected chi connectivity index (χ2v) is 6.63. The number of anilines is 2. The van der Waals surface area contributed by atoms with E-state index in [1.54, 1.807) is 18.0 Å². The van der Waals surface area contributed by atoms with Crippen molar-refractivity contribution in [2.24, 2.45) is 0 Å². The average Bonchev–Trinajstić information content (AvgIpc) is 2.43. The molecular formula is C14H18BrN3OS. The van der Waals surface area contributed by atoms with Gasteiger partial charge >= 0.3 is 0 Å². The summed E-state index contributed by atoms with van der Waals surface area (Å²) in [5, 5.41) is 13.8. The molecule has 0 saturated carbocycles. The second-order valence-electron chi connectivity index (χ2n) is 4.64. The molecule has 0 aliphatic carbocycles. The van der Waals surface area contributed by atoms with Crippen molar-refractivity contribution in [3.63, 3.8) is 0 Å². The van der Waals surface area contributed by atoms with Crippen molar-refractivity contribution in [2.75, 3.05) is 23.9 Å². The van der Waals surface area contributed by atoms with Gasteiger partial charge in [0.2, 0.25) is 0 Å². The monoisotopic (exact) mass is 355 g/mol. The molecule has 0 amide bonds. The van der Waals surface area contributed by atoms with E-state index in [0.29, 0.717) is 5.69 Å². The zero-order valence-electron chi connectivity index (χ0n) is 11.4. The average molecular weight is 356 g/mol. The Morgan fingerprint density at radius 1 is 1.50 bits per heavy atom. The number of hydrogen-bond acceptors (Lipinski definition) is 5. The van der Waals surface area contributed by atoms with Gasteiger partial charge in [0, 0.05) is 33.0 Å². The van der Waals surface area contributed by atoms with Crippen molar-refractivity contribution in [2.45, 2.75) is 18.2 Å². The molecule has 1 aromatic carbocycles. The summed E-state index contributed by atoms with van der Waals surface area (Å²) in [6.07, 6.45) is 3.76. The maximum absolute atomic E-state index is 9.37. The summed E-state index contributed by atoms with van der Waals surface area (Å²) >= 11 is 5.06. The van der Waals surface area contributed by atoms with Crippen LogP contribution in [0.5, 0.6) is 0 Å². The fourth-order valence-corrected chi connectivity index (χ4v) is 3.06. The molecule has 0 aliphatic rings. The van der Waals surface area contributed by atoms with Crippen molar-refractivity contribution in [1.82, 2.24) is 4.98 Å². The first-order chi connectivity index (χ1) is 9.56. The minimum absolute atomic E-state index is 0.132. The van der Waals surface area contributed by atoms with E-state index in [9.17, 15) is 5.11 Å². The van der Waals surface area contributed by atoms with Crippen LogP contribution in [0, 0.1) is 0 Å². The van der Waals surface area contributed by atoms with Gasteiger partial charge in [-0.25, -0.2) is 0 Å². The predicted octanol–water partition coefficient (Wildman–Crippen LogP) is 3.10. The molecule has 0 aliphatic heterocycles. The molecule has 2 atom stereocenters. The first kappa shape index (κ1) is 15.4. The standard InChI is InChI=1S/C14H18BrN3OS/c1-8(13(7-19)20-2)18-12-4-3-11(16)10-5-9(15)6-17-14(10)12/h3-6,8,13,18-19H,7,16H2,1-2H3. The molecule has 0 saturated heterocycles. The molecule has 0 spiro atoms. The molecule has 2 rings (SSSR count). The highest BCUT2D eigenvalue weighted by Gasteiger charge is 2.16. The van der Waals surface area contributed by atoms with Gasteiger partial charge in [0.1, 0.15) is 0 Å². The van der Waals surface area contributed by atoms with Crippen LogP contribution in [-0.4, -0.2) is 34.2 Å². The molecule has 4 nitrogen and oxygen atoms in total. The SMILES string of the molecule is CSC(CO)C(C)Nc1ccc(N)c2cc(Br)cnc12. The molecule has 2 unspecified atom stereocenters. The van der Waals surface area contributed by atoms with Gasteiger partial charge in [-0.3, -0.25) is 4.98 Å². The van der Waals surface area contributed by atoms with Crippen molar-refractivity contribution in [3.8, 4) is 0 Å². The summed E-state index contributed by atoms with van der Waals surface area (Å²) in [5.74, 6) is 0. The molecule has 0 fully saturated rings. The van der Waals surface area contributed by atoms with E-state index in [4.69, 9.17) is 5.73 Å². The third-order valence-electron chi connectivity index (χ3n) is 3.27. The van der Waals surface area contributed by atoms with Crippen LogP contribution in [0.25, 0.3) is 10.9 Å². The maximum Gasteiger partial charge on any atom is 0.0954 e. The number of nitrogens with zero attached hydrogens (tertiary/aromatic N) is 1. The van der Waals surface area contributed by atoms with Gasteiger partial charge in [0.15, 0.2) is 0 Å². The Labute approximate surface area is 131 Å². The number of fused-ring (bicyclic) bond motifs is 1. The zero-order chi connectivity index (χ0) is 14.7. The minimum Gasteiger partial charge on any atom is -0.398 e. The fraction of sp³-hybridized carbons (Fsp3) is 0.357. The van der Waals surface area contributed by atoms with Crippen molar-refractivity contribution in [3.05, 3.63) is 28.9 Å². The first-order valence-electron chi connectivity index (χ1n) is 6.30. The number of nitrogens with two attached hydrogens (primary N) is 1. The van der Waals surface area contributed by atoms with E-state index < -0.39 is 0 Å². The largest absolute Gasteiger partial charge is 0.398 e. The van der Waals surface area contributed by atoms with E-state index >= 15 is 0 Å². The Morgan fingerprint density at radius 2 is 2.25 bits per heavy atom. The molecule has 2 aromatic rings. The predicted molar refractivity (Wildman–Crippen MR) is 91.3 cm³/mol. The summed E-state index contributed by atoms with van der Waals surface area (Å²) in [6, 6.07) is 5.90. The normalized spacial score (nSPS) is 14.2. The van der Waals surface area contributed by atoms with Crippen LogP contribution in [0.2, 0.25) is 0 Å². The van der Waals surface area contributed by atoms with Gasteiger partial charge in [-0.1, -0.05) is 0 Å². The second kappa shape index (κ2) is 6.65. The maximum atomic E-state index is 9.37. The number of nitrogen functional groups attached to an aromatic ring is 1. The van der Waals surface area contributed by atoms with Gasteiger partial charge in [0.25, 0.3) is 0 Å². The molecule has 20 heavy (non-hydrogen) atoms. The summed E-state index contributed by atoms with van der Waals surface area (Å²) in [4.78, 5) is 4.45.